The molecule has 1 heterocycles. The van der Waals surface area contributed by atoms with Gasteiger partial charge in [0.25, 0.3) is 11.8 Å². The van der Waals surface area contributed by atoms with Crippen molar-refractivity contribution < 1.29 is 19.1 Å². The maximum atomic E-state index is 12.9. The molecule has 1 fully saturated rings. The summed E-state index contributed by atoms with van der Waals surface area (Å²) in [6, 6.07) is 15.1. The number of rotatable bonds is 7. The third-order valence-corrected chi connectivity index (χ3v) is 5.30. The second-order valence-corrected chi connectivity index (χ2v) is 7.41. The van der Waals surface area contributed by atoms with Gasteiger partial charge in [0.2, 0.25) is 0 Å². The summed E-state index contributed by atoms with van der Waals surface area (Å²) < 4.78 is 11.0. The van der Waals surface area contributed by atoms with E-state index in [0.717, 1.165) is 19.3 Å². The molecule has 0 unspecified atom stereocenters. The number of para-hydroxylation sites is 1. The van der Waals surface area contributed by atoms with Crippen molar-refractivity contribution in [1.82, 2.24) is 9.80 Å². The second-order valence-electron chi connectivity index (χ2n) is 7.41. The Labute approximate surface area is 178 Å². The number of aryl methyl sites for hydroxylation is 1. The maximum Gasteiger partial charge on any atom is 0.260 e. The number of hydrogen-bond acceptors (Lipinski definition) is 4. The van der Waals surface area contributed by atoms with Crippen LogP contribution in [0.2, 0.25) is 0 Å². The average molecular weight is 411 g/mol. The van der Waals surface area contributed by atoms with Crippen molar-refractivity contribution in [2.75, 3.05) is 39.9 Å². The van der Waals surface area contributed by atoms with E-state index in [0.29, 0.717) is 43.2 Å². The molecule has 0 bridgehead atoms. The van der Waals surface area contributed by atoms with Crippen molar-refractivity contribution >= 4 is 11.8 Å². The Kier molecular flexibility index (Phi) is 7.71. The zero-order chi connectivity index (χ0) is 21.3. The Balaban J connectivity index is 1.52. The first-order chi connectivity index (χ1) is 14.6. The molecular formula is C24H30N2O4. The molecule has 1 aliphatic heterocycles. The number of ether oxygens (including phenoxy) is 2. The van der Waals surface area contributed by atoms with Crippen LogP contribution in [0.5, 0.6) is 11.5 Å². The molecule has 3 rings (SSSR count). The van der Waals surface area contributed by atoms with Crippen molar-refractivity contribution in [2.45, 2.75) is 26.2 Å². The van der Waals surface area contributed by atoms with Gasteiger partial charge in [-0.2, -0.15) is 0 Å². The lowest BCUT2D eigenvalue weighted by Gasteiger charge is -2.23. The first-order valence-corrected chi connectivity index (χ1v) is 10.5. The standard InChI is InChI=1S/C24H30N2O4/c1-3-7-19-10-12-20(13-11-19)30-18-23(27)25-14-6-15-26(17-16-25)24(28)21-8-4-5-9-22(21)29-2/h4-5,8-13H,3,6-7,14-18H2,1-2H3. The van der Waals surface area contributed by atoms with Crippen LogP contribution in [0.3, 0.4) is 0 Å². The largest absolute Gasteiger partial charge is 0.496 e. The van der Waals surface area contributed by atoms with Gasteiger partial charge in [0.1, 0.15) is 11.5 Å². The second kappa shape index (κ2) is 10.7. The minimum atomic E-state index is -0.0647. The van der Waals surface area contributed by atoms with Crippen LogP contribution >= 0.6 is 0 Å². The number of carbonyl (C=O) groups is 2. The van der Waals surface area contributed by atoms with Gasteiger partial charge in [-0.05, 0) is 42.7 Å². The molecule has 0 radical (unpaired) electrons. The SMILES string of the molecule is CCCc1ccc(OCC(=O)N2CCCN(C(=O)c3ccccc3OC)CC2)cc1. The Morgan fingerprint density at radius 3 is 2.37 bits per heavy atom. The first-order valence-electron chi connectivity index (χ1n) is 10.5. The van der Waals surface area contributed by atoms with E-state index >= 15 is 0 Å². The highest BCUT2D eigenvalue weighted by atomic mass is 16.5. The molecular weight excluding hydrogens is 380 g/mol. The number of amides is 2. The summed E-state index contributed by atoms with van der Waals surface area (Å²) in [4.78, 5) is 29.1. The highest BCUT2D eigenvalue weighted by Gasteiger charge is 2.24. The Hall–Kier alpha value is -3.02. The van der Waals surface area contributed by atoms with Crippen LogP contribution in [0, 0.1) is 0 Å². The number of benzene rings is 2. The Morgan fingerprint density at radius 2 is 1.63 bits per heavy atom. The molecule has 2 amide bonds. The predicted molar refractivity (Wildman–Crippen MR) is 116 cm³/mol. The monoisotopic (exact) mass is 410 g/mol. The van der Waals surface area contributed by atoms with E-state index in [2.05, 4.69) is 6.92 Å². The molecule has 0 atom stereocenters. The summed E-state index contributed by atoms with van der Waals surface area (Å²) in [6.07, 6.45) is 2.87. The molecule has 1 aliphatic rings. The summed E-state index contributed by atoms with van der Waals surface area (Å²) in [5.41, 5.74) is 1.82. The van der Waals surface area contributed by atoms with Gasteiger partial charge >= 0.3 is 0 Å². The van der Waals surface area contributed by atoms with E-state index in [1.165, 1.54) is 5.56 Å². The summed E-state index contributed by atoms with van der Waals surface area (Å²) in [7, 11) is 1.56. The molecule has 6 heteroatoms. The highest BCUT2D eigenvalue weighted by Crippen LogP contribution is 2.20. The van der Waals surface area contributed by atoms with Crippen molar-refractivity contribution in [2.24, 2.45) is 0 Å². The molecule has 0 N–H and O–H groups in total. The van der Waals surface area contributed by atoms with Crippen LogP contribution in [0.15, 0.2) is 48.5 Å². The Morgan fingerprint density at radius 1 is 0.933 bits per heavy atom. The predicted octanol–water partition coefficient (Wildman–Crippen LogP) is 3.40. The van der Waals surface area contributed by atoms with Gasteiger partial charge in [-0.25, -0.2) is 0 Å². The minimum Gasteiger partial charge on any atom is -0.496 e. The fourth-order valence-corrected chi connectivity index (χ4v) is 3.64. The quantitative estimate of drug-likeness (QED) is 0.702. The van der Waals surface area contributed by atoms with Crippen molar-refractivity contribution in [3.8, 4) is 11.5 Å². The third-order valence-electron chi connectivity index (χ3n) is 5.30. The molecule has 0 spiro atoms. The van der Waals surface area contributed by atoms with E-state index in [9.17, 15) is 9.59 Å². The third kappa shape index (κ3) is 5.53. The fourth-order valence-electron chi connectivity index (χ4n) is 3.64. The summed E-state index contributed by atoms with van der Waals surface area (Å²) >= 11 is 0. The summed E-state index contributed by atoms with van der Waals surface area (Å²) in [6.45, 7) is 4.38. The number of carbonyl (C=O) groups excluding carboxylic acids is 2. The molecule has 1 saturated heterocycles. The average Bonchev–Trinajstić information content (AvgIpc) is 3.04. The van der Waals surface area contributed by atoms with Gasteiger partial charge in [-0.1, -0.05) is 37.6 Å². The van der Waals surface area contributed by atoms with E-state index in [4.69, 9.17) is 9.47 Å². The normalized spacial score (nSPS) is 14.2. The van der Waals surface area contributed by atoms with Crippen LogP contribution in [0.4, 0.5) is 0 Å². The molecule has 30 heavy (non-hydrogen) atoms. The van der Waals surface area contributed by atoms with E-state index in [1.54, 1.807) is 29.0 Å². The van der Waals surface area contributed by atoms with Gasteiger partial charge < -0.3 is 19.3 Å². The van der Waals surface area contributed by atoms with Gasteiger partial charge in [0.05, 0.1) is 12.7 Å². The summed E-state index contributed by atoms with van der Waals surface area (Å²) in [5, 5.41) is 0. The smallest absolute Gasteiger partial charge is 0.260 e. The highest BCUT2D eigenvalue weighted by molar-refractivity contribution is 5.97. The van der Waals surface area contributed by atoms with Crippen LogP contribution < -0.4 is 9.47 Å². The fraction of sp³-hybridized carbons (Fsp3) is 0.417. The number of nitrogens with zero attached hydrogens (tertiary/aromatic N) is 2. The van der Waals surface area contributed by atoms with E-state index in [1.807, 2.05) is 36.4 Å². The zero-order valence-electron chi connectivity index (χ0n) is 17.8. The molecule has 6 nitrogen and oxygen atoms in total. The van der Waals surface area contributed by atoms with Gasteiger partial charge in [0, 0.05) is 26.2 Å². The van der Waals surface area contributed by atoms with Crippen LogP contribution in [0.1, 0.15) is 35.7 Å². The lowest BCUT2D eigenvalue weighted by molar-refractivity contribution is -0.133. The van der Waals surface area contributed by atoms with E-state index < -0.39 is 0 Å². The number of methoxy groups -OCH3 is 1. The van der Waals surface area contributed by atoms with Gasteiger partial charge in [0.15, 0.2) is 6.61 Å². The van der Waals surface area contributed by atoms with Gasteiger partial charge in [-0.3, -0.25) is 9.59 Å². The molecule has 2 aromatic rings. The van der Waals surface area contributed by atoms with Crippen molar-refractivity contribution in [3.05, 3.63) is 59.7 Å². The summed E-state index contributed by atoms with van der Waals surface area (Å²) in [5.74, 6) is 1.15. The van der Waals surface area contributed by atoms with Crippen LogP contribution in [0.25, 0.3) is 0 Å². The minimum absolute atomic E-state index is 0.00752. The van der Waals surface area contributed by atoms with Gasteiger partial charge in [-0.15, -0.1) is 0 Å². The van der Waals surface area contributed by atoms with Crippen molar-refractivity contribution in [1.29, 1.82) is 0 Å². The zero-order valence-corrected chi connectivity index (χ0v) is 17.8. The molecule has 2 aromatic carbocycles. The lowest BCUT2D eigenvalue weighted by Crippen LogP contribution is -2.39. The molecule has 0 aromatic heterocycles. The Bertz CT molecular complexity index is 851. The molecule has 0 saturated carbocycles. The lowest BCUT2D eigenvalue weighted by atomic mass is 10.1. The van der Waals surface area contributed by atoms with E-state index in [-0.39, 0.29) is 18.4 Å². The maximum absolute atomic E-state index is 12.9. The number of hydrogen-bond donors (Lipinski definition) is 0. The van der Waals surface area contributed by atoms with Crippen LogP contribution in [-0.4, -0.2) is 61.5 Å². The van der Waals surface area contributed by atoms with Crippen molar-refractivity contribution in [3.63, 3.8) is 0 Å². The first kappa shape index (κ1) is 21.7. The topological polar surface area (TPSA) is 59.1 Å². The molecule has 0 aliphatic carbocycles. The van der Waals surface area contributed by atoms with Crippen LogP contribution in [-0.2, 0) is 11.2 Å². The molecule has 160 valence electrons.